The van der Waals surface area contributed by atoms with Crippen molar-refractivity contribution in [1.29, 1.82) is 0 Å². The Bertz CT molecular complexity index is 956. The van der Waals surface area contributed by atoms with Gasteiger partial charge >= 0.3 is 5.69 Å². The average molecular weight is 386 g/mol. The van der Waals surface area contributed by atoms with Gasteiger partial charge in [0.1, 0.15) is 5.75 Å². The summed E-state index contributed by atoms with van der Waals surface area (Å²) in [5.74, 6) is 0.437. The smallest absolute Gasteiger partial charge is 0.330 e. The third kappa shape index (κ3) is 4.33. The monoisotopic (exact) mass is 386 g/mol. The van der Waals surface area contributed by atoms with Crippen molar-refractivity contribution < 1.29 is 9.53 Å². The first-order valence-corrected chi connectivity index (χ1v) is 9.32. The standard InChI is InChI=1S/C20H26N4O4/c1-14-4-6-17(7-5-14)28-13-18(25)24(16-8-9-21-10-16)12-15-11-22(2)20(27)23(3)19(15)26/h4-7,11,16,21H,8-10,12-13H2,1-3H3/t16-/m0/s1. The molecule has 0 spiro atoms. The lowest BCUT2D eigenvalue weighted by atomic mass is 10.2. The minimum absolute atomic E-state index is 0.0175. The fraction of sp³-hybridized carbons (Fsp3) is 0.450. The molecule has 8 heteroatoms. The number of nitrogens with one attached hydrogen (secondary N) is 1. The molecule has 8 nitrogen and oxygen atoms in total. The molecule has 0 radical (unpaired) electrons. The average Bonchev–Trinajstić information content (AvgIpc) is 3.22. The molecule has 1 aliphatic heterocycles. The molecule has 1 aromatic carbocycles. The highest BCUT2D eigenvalue weighted by molar-refractivity contribution is 5.78. The van der Waals surface area contributed by atoms with Crippen molar-refractivity contribution >= 4 is 5.91 Å². The van der Waals surface area contributed by atoms with E-state index in [0.717, 1.165) is 23.1 Å². The molecule has 1 fully saturated rings. The van der Waals surface area contributed by atoms with Crippen molar-refractivity contribution in [2.24, 2.45) is 14.1 Å². The Morgan fingerprint density at radius 3 is 2.61 bits per heavy atom. The van der Waals surface area contributed by atoms with Crippen LogP contribution in [0.25, 0.3) is 0 Å². The molecule has 150 valence electrons. The Hall–Kier alpha value is -2.87. The molecular weight excluding hydrogens is 360 g/mol. The Kier molecular flexibility index (Phi) is 5.99. The number of nitrogens with zero attached hydrogens (tertiary/aromatic N) is 3. The molecule has 28 heavy (non-hydrogen) atoms. The van der Waals surface area contributed by atoms with Crippen LogP contribution in [0.3, 0.4) is 0 Å². The second-order valence-corrected chi connectivity index (χ2v) is 7.18. The largest absolute Gasteiger partial charge is 0.484 e. The van der Waals surface area contributed by atoms with Crippen molar-refractivity contribution in [3.63, 3.8) is 0 Å². The maximum absolute atomic E-state index is 12.9. The number of hydrogen-bond donors (Lipinski definition) is 1. The Morgan fingerprint density at radius 2 is 1.96 bits per heavy atom. The Labute approximate surface area is 163 Å². The van der Waals surface area contributed by atoms with Gasteiger partial charge in [-0.15, -0.1) is 0 Å². The zero-order valence-electron chi connectivity index (χ0n) is 16.5. The van der Waals surface area contributed by atoms with E-state index < -0.39 is 5.69 Å². The van der Waals surface area contributed by atoms with Gasteiger partial charge in [-0.2, -0.15) is 0 Å². The van der Waals surface area contributed by atoms with Crippen LogP contribution in [0.4, 0.5) is 0 Å². The van der Waals surface area contributed by atoms with Crippen LogP contribution in [0.1, 0.15) is 17.5 Å². The van der Waals surface area contributed by atoms with Crippen LogP contribution in [0.2, 0.25) is 0 Å². The van der Waals surface area contributed by atoms with Crippen molar-refractivity contribution in [2.75, 3.05) is 19.7 Å². The summed E-state index contributed by atoms with van der Waals surface area (Å²) in [7, 11) is 3.03. The molecule has 2 heterocycles. The maximum Gasteiger partial charge on any atom is 0.330 e. The molecule has 1 atom stereocenters. The highest BCUT2D eigenvalue weighted by atomic mass is 16.5. The SMILES string of the molecule is Cc1ccc(OCC(=O)N(Cc2cn(C)c(=O)n(C)c2=O)[C@H]2CCNC2)cc1. The number of carbonyl (C=O) groups is 1. The molecule has 2 aromatic rings. The summed E-state index contributed by atoms with van der Waals surface area (Å²) >= 11 is 0. The quantitative estimate of drug-likeness (QED) is 0.765. The summed E-state index contributed by atoms with van der Waals surface area (Å²) in [5, 5.41) is 3.25. The molecule has 1 saturated heterocycles. The zero-order chi connectivity index (χ0) is 20.3. The van der Waals surface area contributed by atoms with Crippen LogP contribution in [0, 0.1) is 6.92 Å². The number of carbonyl (C=O) groups excluding carboxylic acids is 1. The van der Waals surface area contributed by atoms with Crippen molar-refractivity contribution in [2.45, 2.75) is 25.9 Å². The van der Waals surface area contributed by atoms with E-state index in [-0.39, 0.29) is 30.7 Å². The summed E-state index contributed by atoms with van der Waals surface area (Å²) in [5.41, 5.74) is 0.742. The van der Waals surface area contributed by atoms with Gasteiger partial charge in [-0.3, -0.25) is 14.2 Å². The predicted molar refractivity (Wildman–Crippen MR) is 105 cm³/mol. The van der Waals surface area contributed by atoms with Crippen LogP contribution >= 0.6 is 0 Å². The Morgan fingerprint density at radius 1 is 1.25 bits per heavy atom. The van der Waals surface area contributed by atoms with Crippen LogP contribution in [0.5, 0.6) is 5.75 Å². The van der Waals surface area contributed by atoms with E-state index in [1.165, 1.54) is 17.8 Å². The minimum Gasteiger partial charge on any atom is -0.484 e. The van der Waals surface area contributed by atoms with Crippen LogP contribution < -0.4 is 21.3 Å². The van der Waals surface area contributed by atoms with Gasteiger partial charge in [0.15, 0.2) is 6.61 Å². The Balaban J connectivity index is 1.79. The molecule has 0 bridgehead atoms. The number of rotatable bonds is 6. The fourth-order valence-electron chi connectivity index (χ4n) is 3.36. The second kappa shape index (κ2) is 8.43. The lowest BCUT2D eigenvalue weighted by Crippen LogP contribution is -2.46. The molecule has 0 saturated carbocycles. The number of amides is 1. The molecular formula is C20H26N4O4. The second-order valence-electron chi connectivity index (χ2n) is 7.18. The van der Waals surface area contributed by atoms with Gasteiger partial charge in [0.05, 0.1) is 12.1 Å². The number of ether oxygens (including phenoxy) is 1. The van der Waals surface area contributed by atoms with E-state index in [1.54, 1.807) is 11.9 Å². The third-order valence-corrected chi connectivity index (χ3v) is 5.04. The van der Waals surface area contributed by atoms with Gasteiger partial charge in [0, 0.05) is 32.9 Å². The zero-order valence-corrected chi connectivity index (χ0v) is 16.5. The van der Waals surface area contributed by atoms with Crippen LogP contribution in [-0.4, -0.2) is 45.7 Å². The minimum atomic E-state index is -0.392. The summed E-state index contributed by atoms with van der Waals surface area (Å²) in [6, 6.07) is 7.48. The van der Waals surface area contributed by atoms with E-state index in [0.29, 0.717) is 17.9 Å². The van der Waals surface area contributed by atoms with Crippen molar-refractivity contribution in [3.8, 4) is 5.75 Å². The lowest BCUT2D eigenvalue weighted by molar-refractivity contribution is -0.136. The molecule has 3 rings (SSSR count). The first kappa shape index (κ1) is 19.9. The lowest BCUT2D eigenvalue weighted by Gasteiger charge is -2.28. The summed E-state index contributed by atoms with van der Waals surface area (Å²) in [6.45, 7) is 3.51. The van der Waals surface area contributed by atoms with Gasteiger partial charge in [0.2, 0.25) is 0 Å². The van der Waals surface area contributed by atoms with Gasteiger partial charge < -0.3 is 19.5 Å². The van der Waals surface area contributed by atoms with Gasteiger partial charge in [-0.05, 0) is 32.0 Å². The molecule has 0 unspecified atom stereocenters. The maximum atomic E-state index is 12.9. The van der Waals surface area contributed by atoms with Gasteiger partial charge in [-0.25, -0.2) is 4.79 Å². The number of aryl methyl sites for hydroxylation is 2. The number of aromatic nitrogens is 2. The number of hydrogen-bond acceptors (Lipinski definition) is 5. The molecule has 0 aliphatic carbocycles. The van der Waals surface area contributed by atoms with Gasteiger partial charge in [-0.1, -0.05) is 17.7 Å². The molecule has 1 aromatic heterocycles. The van der Waals surface area contributed by atoms with Gasteiger partial charge in [0.25, 0.3) is 11.5 Å². The summed E-state index contributed by atoms with van der Waals surface area (Å²) in [4.78, 5) is 39.0. The molecule has 1 aliphatic rings. The first-order valence-electron chi connectivity index (χ1n) is 9.32. The summed E-state index contributed by atoms with van der Waals surface area (Å²) in [6.07, 6.45) is 2.32. The highest BCUT2D eigenvalue weighted by Crippen LogP contribution is 2.15. The fourth-order valence-corrected chi connectivity index (χ4v) is 3.36. The highest BCUT2D eigenvalue weighted by Gasteiger charge is 2.28. The van der Waals surface area contributed by atoms with E-state index >= 15 is 0 Å². The molecule has 1 N–H and O–H groups in total. The topological polar surface area (TPSA) is 85.6 Å². The van der Waals surface area contributed by atoms with Crippen LogP contribution in [0.15, 0.2) is 40.1 Å². The predicted octanol–water partition coefficient (Wildman–Crippen LogP) is 0.162. The van der Waals surface area contributed by atoms with E-state index in [2.05, 4.69) is 5.32 Å². The summed E-state index contributed by atoms with van der Waals surface area (Å²) < 4.78 is 8.07. The van der Waals surface area contributed by atoms with E-state index in [9.17, 15) is 14.4 Å². The van der Waals surface area contributed by atoms with E-state index in [4.69, 9.17) is 4.74 Å². The van der Waals surface area contributed by atoms with Crippen LogP contribution in [-0.2, 0) is 25.4 Å². The molecule has 1 amide bonds. The number of benzene rings is 1. The van der Waals surface area contributed by atoms with E-state index in [1.807, 2.05) is 31.2 Å². The third-order valence-electron chi connectivity index (χ3n) is 5.04. The normalized spacial score (nSPS) is 16.2. The van der Waals surface area contributed by atoms with Crippen molar-refractivity contribution in [3.05, 3.63) is 62.4 Å². The van der Waals surface area contributed by atoms with Crippen molar-refractivity contribution in [1.82, 2.24) is 19.4 Å². The first-order chi connectivity index (χ1) is 13.4.